The molecule has 1 fully saturated rings. The summed E-state index contributed by atoms with van der Waals surface area (Å²) in [6.07, 6.45) is 1.50. The molecule has 0 radical (unpaired) electrons. The van der Waals surface area contributed by atoms with Crippen molar-refractivity contribution in [1.29, 1.82) is 0 Å². The Morgan fingerprint density at radius 2 is 2.33 bits per heavy atom. The molecule has 5 nitrogen and oxygen atoms in total. The van der Waals surface area contributed by atoms with Crippen LogP contribution in [0.2, 0.25) is 0 Å². The van der Waals surface area contributed by atoms with Crippen LogP contribution < -0.4 is 0 Å². The molecule has 0 atom stereocenters. The van der Waals surface area contributed by atoms with E-state index >= 15 is 0 Å². The summed E-state index contributed by atoms with van der Waals surface area (Å²) in [6.45, 7) is 3.58. The van der Waals surface area contributed by atoms with E-state index in [0.717, 1.165) is 6.08 Å². The molecular weight excluding hydrogens is 198 g/mol. The van der Waals surface area contributed by atoms with Crippen LogP contribution in [0.5, 0.6) is 0 Å². The summed E-state index contributed by atoms with van der Waals surface area (Å²) >= 11 is 0. The number of hydrogen-bond donors (Lipinski definition) is 1. The largest absolute Gasteiger partial charge is 0.478 e. The van der Waals surface area contributed by atoms with Crippen molar-refractivity contribution >= 4 is 11.9 Å². The van der Waals surface area contributed by atoms with Crippen molar-refractivity contribution in [1.82, 2.24) is 4.90 Å². The fourth-order valence-corrected chi connectivity index (χ4v) is 1.44. The van der Waals surface area contributed by atoms with Crippen LogP contribution in [0.1, 0.15) is 13.3 Å². The van der Waals surface area contributed by atoms with Crippen LogP contribution in [0, 0.1) is 0 Å². The summed E-state index contributed by atoms with van der Waals surface area (Å²) in [5.41, 5.74) is 0.665. The minimum absolute atomic E-state index is 0.0191. The lowest BCUT2D eigenvalue weighted by Crippen LogP contribution is -2.33. The Morgan fingerprint density at radius 1 is 1.60 bits per heavy atom. The van der Waals surface area contributed by atoms with Crippen molar-refractivity contribution in [2.45, 2.75) is 13.3 Å². The number of ether oxygens (including phenoxy) is 1. The monoisotopic (exact) mass is 213 g/mol. The van der Waals surface area contributed by atoms with Crippen molar-refractivity contribution in [2.24, 2.45) is 0 Å². The van der Waals surface area contributed by atoms with E-state index in [1.54, 1.807) is 11.8 Å². The first-order valence-electron chi connectivity index (χ1n) is 4.85. The van der Waals surface area contributed by atoms with E-state index in [1.807, 2.05) is 0 Å². The van der Waals surface area contributed by atoms with Gasteiger partial charge in [-0.25, -0.2) is 4.79 Å². The summed E-state index contributed by atoms with van der Waals surface area (Å²) in [5.74, 6) is -0.961. The van der Waals surface area contributed by atoms with Crippen LogP contribution in [-0.2, 0) is 14.3 Å². The summed E-state index contributed by atoms with van der Waals surface area (Å²) < 4.78 is 5.16. The van der Waals surface area contributed by atoms with Crippen LogP contribution in [0.15, 0.2) is 11.6 Å². The molecule has 0 bridgehead atoms. The van der Waals surface area contributed by atoms with Crippen molar-refractivity contribution in [3.8, 4) is 0 Å². The van der Waals surface area contributed by atoms with Gasteiger partial charge in [0.15, 0.2) is 0 Å². The highest BCUT2D eigenvalue weighted by Crippen LogP contribution is 2.05. The molecule has 1 saturated heterocycles. The first-order chi connectivity index (χ1) is 7.09. The van der Waals surface area contributed by atoms with E-state index in [1.165, 1.54) is 0 Å². The minimum atomic E-state index is -0.981. The fourth-order valence-electron chi connectivity index (χ4n) is 1.44. The molecule has 1 aliphatic heterocycles. The number of hydrogen-bond acceptors (Lipinski definition) is 3. The number of carbonyl (C=O) groups is 2. The number of nitrogens with zero attached hydrogens (tertiary/aromatic N) is 1. The quantitative estimate of drug-likeness (QED) is 0.683. The topological polar surface area (TPSA) is 66.8 Å². The zero-order valence-electron chi connectivity index (χ0n) is 8.73. The van der Waals surface area contributed by atoms with Gasteiger partial charge in [-0.15, -0.1) is 0 Å². The number of carbonyl (C=O) groups excluding carboxylic acids is 1. The maximum Gasteiger partial charge on any atom is 0.328 e. The van der Waals surface area contributed by atoms with E-state index in [4.69, 9.17) is 9.84 Å². The third-order valence-electron chi connectivity index (χ3n) is 2.13. The molecule has 0 spiro atoms. The van der Waals surface area contributed by atoms with Gasteiger partial charge < -0.3 is 14.7 Å². The average Bonchev–Trinajstić information content (AvgIpc) is 2.30. The van der Waals surface area contributed by atoms with Crippen LogP contribution in [-0.4, -0.2) is 48.2 Å². The first-order valence-corrected chi connectivity index (χ1v) is 4.85. The van der Waals surface area contributed by atoms with E-state index in [9.17, 15) is 9.59 Å². The zero-order valence-corrected chi connectivity index (χ0v) is 8.73. The molecule has 84 valence electrons. The second kappa shape index (κ2) is 5.50. The van der Waals surface area contributed by atoms with Crippen LogP contribution >= 0.6 is 0 Å². The minimum Gasteiger partial charge on any atom is -0.478 e. The van der Waals surface area contributed by atoms with E-state index in [0.29, 0.717) is 38.3 Å². The number of carboxylic acids is 1. The predicted molar refractivity (Wildman–Crippen MR) is 53.4 cm³/mol. The molecule has 0 aromatic heterocycles. The summed E-state index contributed by atoms with van der Waals surface area (Å²) in [6, 6.07) is 0. The molecule has 1 N–H and O–H groups in total. The fraction of sp³-hybridized carbons (Fsp3) is 0.600. The van der Waals surface area contributed by atoms with Gasteiger partial charge >= 0.3 is 5.97 Å². The standard InChI is InChI=1S/C10H15NO4/c1-8(6-10(13)14)7-11-3-5-15-4-2-9(11)12/h6H,2-5,7H2,1H3,(H,13,14)/b8-6+. The lowest BCUT2D eigenvalue weighted by Gasteiger charge is -2.19. The van der Waals surface area contributed by atoms with E-state index in [2.05, 4.69) is 0 Å². The van der Waals surface area contributed by atoms with Gasteiger partial charge in [0, 0.05) is 19.2 Å². The highest BCUT2D eigenvalue weighted by Gasteiger charge is 2.16. The van der Waals surface area contributed by atoms with Gasteiger partial charge in [0.25, 0.3) is 0 Å². The van der Waals surface area contributed by atoms with Crippen molar-refractivity contribution in [3.63, 3.8) is 0 Å². The predicted octanol–water partition coefficient (Wildman–Crippen LogP) is 0.266. The van der Waals surface area contributed by atoms with Gasteiger partial charge in [0.1, 0.15) is 0 Å². The highest BCUT2D eigenvalue weighted by molar-refractivity contribution is 5.81. The van der Waals surface area contributed by atoms with Gasteiger partial charge in [0.2, 0.25) is 5.91 Å². The van der Waals surface area contributed by atoms with Gasteiger partial charge in [-0.2, -0.15) is 0 Å². The number of carboxylic acid groups (broad SMARTS) is 1. The Bertz CT molecular complexity index is 285. The maximum atomic E-state index is 11.5. The molecule has 1 rings (SSSR count). The van der Waals surface area contributed by atoms with Gasteiger partial charge in [0.05, 0.1) is 19.6 Å². The first kappa shape index (κ1) is 11.7. The van der Waals surface area contributed by atoms with Crippen molar-refractivity contribution < 1.29 is 19.4 Å². The van der Waals surface area contributed by atoms with Gasteiger partial charge in [-0.3, -0.25) is 4.79 Å². The molecule has 0 saturated carbocycles. The Morgan fingerprint density at radius 3 is 3.00 bits per heavy atom. The molecular formula is C10H15NO4. The molecule has 0 unspecified atom stereocenters. The van der Waals surface area contributed by atoms with Gasteiger partial charge in [-0.1, -0.05) is 0 Å². The third-order valence-corrected chi connectivity index (χ3v) is 2.13. The molecule has 0 aromatic rings. The molecule has 15 heavy (non-hydrogen) atoms. The van der Waals surface area contributed by atoms with Crippen LogP contribution in [0.25, 0.3) is 0 Å². The Labute approximate surface area is 88.3 Å². The van der Waals surface area contributed by atoms with Crippen LogP contribution in [0.3, 0.4) is 0 Å². The summed E-state index contributed by atoms with van der Waals surface area (Å²) in [4.78, 5) is 23.5. The highest BCUT2D eigenvalue weighted by atomic mass is 16.5. The second-order valence-corrected chi connectivity index (χ2v) is 3.51. The Hall–Kier alpha value is -1.36. The second-order valence-electron chi connectivity index (χ2n) is 3.51. The molecule has 0 aliphatic carbocycles. The normalized spacial score (nSPS) is 18.9. The van der Waals surface area contributed by atoms with Crippen molar-refractivity contribution in [2.75, 3.05) is 26.3 Å². The lowest BCUT2D eigenvalue weighted by molar-refractivity contribution is -0.132. The van der Waals surface area contributed by atoms with Crippen LogP contribution in [0.4, 0.5) is 0 Å². The smallest absolute Gasteiger partial charge is 0.328 e. The average molecular weight is 213 g/mol. The summed E-state index contributed by atoms with van der Waals surface area (Å²) in [5, 5.41) is 8.53. The molecule has 1 amide bonds. The number of aliphatic carboxylic acids is 1. The van der Waals surface area contributed by atoms with E-state index < -0.39 is 5.97 Å². The summed E-state index contributed by atoms with van der Waals surface area (Å²) in [7, 11) is 0. The molecule has 0 aromatic carbocycles. The van der Waals surface area contributed by atoms with E-state index in [-0.39, 0.29) is 5.91 Å². The zero-order chi connectivity index (χ0) is 11.3. The molecule has 1 heterocycles. The third kappa shape index (κ3) is 4.12. The Kier molecular flexibility index (Phi) is 4.30. The maximum absolute atomic E-state index is 11.5. The number of amides is 1. The SMILES string of the molecule is C/C(=C\C(=O)O)CN1CCOCCC1=O. The lowest BCUT2D eigenvalue weighted by atomic mass is 10.2. The molecule has 5 heteroatoms. The Balaban J connectivity index is 2.55. The number of rotatable bonds is 3. The van der Waals surface area contributed by atoms with Gasteiger partial charge in [-0.05, 0) is 12.5 Å². The van der Waals surface area contributed by atoms with Crippen molar-refractivity contribution in [3.05, 3.63) is 11.6 Å². The molecule has 1 aliphatic rings.